The first-order valence-corrected chi connectivity index (χ1v) is 7.12. The third-order valence-electron chi connectivity index (χ3n) is 3.36. The molecule has 1 N–H and O–H groups in total. The molecule has 1 aliphatic carbocycles. The third kappa shape index (κ3) is 3.87. The standard InChI is InChI=1S/C15H20ClNO2/c1-3-19-14(18)15(2,10-11-7-8-11)17-13-6-4-5-12(16)9-13/h4-6,9,11,17H,3,7-8,10H2,1-2H3. The van der Waals surface area contributed by atoms with Gasteiger partial charge in [-0.15, -0.1) is 0 Å². The number of anilines is 1. The van der Waals surface area contributed by atoms with Crippen LogP contribution in [0.5, 0.6) is 0 Å². The molecule has 1 unspecified atom stereocenters. The lowest BCUT2D eigenvalue weighted by molar-refractivity contribution is -0.148. The van der Waals surface area contributed by atoms with E-state index in [-0.39, 0.29) is 5.97 Å². The van der Waals surface area contributed by atoms with Crippen molar-refractivity contribution in [2.45, 2.75) is 38.6 Å². The highest BCUT2D eigenvalue weighted by molar-refractivity contribution is 6.30. The quantitative estimate of drug-likeness (QED) is 0.805. The van der Waals surface area contributed by atoms with Crippen molar-refractivity contribution in [3.8, 4) is 0 Å². The number of esters is 1. The summed E-state index contributed by atoms with van der Waals surface area (Å²) >= 11 is 5.98. The zero-order valence-electron chi connectivity index (χ0n) is 11.4. The lowest BCUT2D eigenvalue weighted by Crippen LogP contribution is -2.45. The van der Waals surface area contributed by atoms with Gasteiger partial charge in [-0.1, -0.05) is 30.5 Å². The number of rotatable bonds is 6. The first-order valence-electron chi connectivity index (χ1n) is 6.74. The van der Waals surface area contributed by atoms with Crippen LogP contribution in [-0.4, -0.2) is 18.1 Å². The minimum Gasteiger partial charge on any atom is -0.464 e. The number of carbonyl (C=O) groups is 1. The first kappa shape index (κ1) is 14.2. The Hall–Kier alpha value is -1.22. The summed E-state index contributed by atoms with van der Waals surface area (Å²) < 4.78 is 5.20. The maximum Gasteiger partial charge on any atom is 0.331 e. The van der Waals surface area contributed by atoms with Crippen molar-refractivity contribution in [1.82, 2.24) is 0 Å². The number of hydrogen-bond donors (Lipinski definition) is 1. The van der Waals surface area contributed by atoms with Crippen molar-refractivity contribution in [3.63, 3.8) is 0 Å². The SMILES string of the molecule is CCOC(=O)C(C)(CC1CC1)Nc1cccc(Cl)c1. The summed E-state index contributed by atoms with van der Waals surface area (Å²) in [4.78, 5) is 12.2. The largest absolute Gasteiger partial charge is 0.464 e. The van der Waals surface area contributed by atoms with Gasteiger partial charge >= 0.3 is 5.97 Å². The van der Waals surface area contributed by atoms with Gasteiger partial charge in [-0.3, -0.25) is 0 Å². The molecule has 1 fully saturated rings. The molecular weight excluding hydrogens is 262 g/mol. The van der Waals surface area contributed by atoms with Crippen LogP contribution in [0, 0.1) is 5.92 Å². The second-order valence-electron chi connectivity index (χ2n) is 5.34. The van der Waals surface area contributed by atoms with Gasteiger partial charge in [-0.25, -0.2) is 4.79 Å². The van der Waals surface area contributed by atoms with Crippen LogP contribution in [0.15, 0.2) is 24.3 Å². The average Bonchev–Trinajstić information content (AvgIpc) is 3.13. The molecule has 0 aliphatic heterocycles. The number of halogens is 1. The van der Waals surface area contributed by atoms with Crippen molar-refractivity contribution < 1.29 is 9.53 Å². The van der Waals surface area contributed by atoms with E-state index < -0.39 is 5.54 Å². The molecule has 1 aromatic rings. The second kappa shape index (κ2) is 5.83. The molecule has 1 aliphatic rings. The number of benzene rings is 1. The number of ether oxygens (including phenoxy) is 1. The third-order valence-corrected chi connectivity index (χ3v) is 3.60. The van der Waals surface area contributed by atoms with Crippen LogP contribution >= 0.6 is 11.6 Å². The Morgan fingerprint density at radius 3 is 2.84 bits per heavy atom. The Bertz CT molecular complexity index is 459. The smallest absolute Gasteiger partial charge is 0.331 e. The lowest BCUT2D eigenvalue weighted by Gasteiger charge is -2.29. The van der Waals surface area contributed by atoms with Gasteiger partial charge < -0.3 is 10.1 Å². The normalized spacial score (nSPS) is 17.6. The van der Waals surface area contributed by atoms with E-state index in [1.165, 1.54) is 12.8 Å². The molecule has 0 spiro atoms. The van der Waals surface area contributed by atoms with Gasteiger partial charge in [-0.05, 0) is 44.4 Å². The molecule has 104 valence electrons. The van der Waals surface area contributed by atoms with Crippen molar-refractivity contribution in [1.29, 1.82) is 0 Å². The molecule has 0 saturated heterocycles. The van der Waals surface area contributed by atoms with E-state index >= 15 is 0 Å². The summed E-state index contributed by atoms with van der Waals surface area (Å²) in [5, 5.41) is 3.95. The van der Waals surface area contributed by atoms with E-state index in [9.17, 15) is 4.79 Å². The van der Waals surface area contributed by atoms with Crippen LogP contribution in [0.4, 0.5) is 5.69 Å². The van der Waals surface area contributed by atoms with E-state index in [0.717, 1.165) is 12.1 Å². The van der Waals surface area contributed by atoms with Crippen molar-refractivity contribution in [2.24, 2.45) is 5.92 Å². The maximum absolute atomic E-state index is 12.2. The van der Waals surface area contributed by atoms with E-state index in [2.05, 4.69) is 5.32 Å². The second-order valence-corrected chi connectivity index (χ2v) is 5.77. The van der Waals surface area contributed by atoms with E-state index in [1.807, 2.05) is 38.1 Å². The van der Waals surface area contributed by atoms with Gasteiger partial charge in [0.05, 0.1) is 6.61 Å². The Labute approximate surface area is 119 Å². The van der Waals surface area contributed by atoms with Crippen molar-refractivity contribution in [3.05, 3.63) is 29.3 Å². The summed E-state index contributed by atoms with van der Waals surface area (Å²) in [6.45, 7) is 4.13. The molecular formula is C15H20ClNO2. The molecule has 1 saturated carbocycles. The Morgan fingerprint density at radius 1 is 1.53 bits per heavy atom. The molecule has 19 heavy (non-hydrogen) atoms. The Morgan fingerprint density at radius 2 is 2.26 bits per heavy atom. The van der Waals surface area contributed by atoms with Crippen LogP contribution in [0.3, 0.4) is 0 Å². The predicted octanol–water partition coefficient (Wildman–Crippen LogP) is 3.87. The van der Waals surface area contributed by atoms with Crippen LogP contribution in [-0.2, 0) is 9.53 Å². The molecule has 0 radical (unpaired) electrons. The zero-order valence-corrected chi connectivity index (χ0v) is 12.2. The first-order chi connectivity index (χ1) is 9.03. The minimum atomic E-state index is -0.679. The molecule has 2 rings (SSSR count). The molecule has 3 nitrogen and oxygen atoms in total. The Kier molecular flexibility index (Phi) is 4.35. The summed E-state index contributed by atoms with van der Waals surface area (Å²) in [5.41, 5.74) is 0.172. The lowest BCUT2D eigenvalue weighted by atomic mass is 9.94. The van der Waals surface area contributed by atoms with Gasteiger partial charge in [0.15, 0.2) is 0 Å². The van der Waals surface area contributed by atoms with Gasteiger partial charge in [-0.2, -0.15) is 0 Å². The fraction of sp³-hybridized carbons (Fsp3) is 0.533. The molecule has 1 atom stereocenters. The number of nitrogens with one attached hydrogen (secondary N) is 1. The van der Waals surface area contributed by atoms with E-state index in [4.69, 9.17) is 16.3 Å². The van der Waals surface area contributed by atoms with Crippen LogP contribution in [0.1, 0.15) is 33.1 Å². The predicted molar refractivity (Wildman–Crippen MR) is 77.5 cm³/mol. The van der Waals surface area contributed by atoms with E-state index in [0.29, 0.717) is 17.5 Å². The highest BCUT2D eigenvalue weighted by atomic mass is 35.5. The monoisotopic (exact) mass is 281 g/mol. The van der Waals surface area contributed by atoms with Crippen molar-refractivity contribution in [2.75, 3.05) is 11.9 Å². The molecule has 0 aromatic heterocycles. The minimum absolute atomic E-state index is 0.193. The topological polar surface area (TPSA) is 38.3 Å². The van der Waals surface area contributed by atoms with Gasteiger partial charge in [0, 0.05) is 10.7 Å². The fourth-order valence-corrected chi connectivity index (χ4v) is 2.45. The van der Waals surface area contributed by atoms with Gasteiger partial charge in [0.25, 0.3) is 0 Å². The van der Waals surface area contributed by atoms with Crippen LogP contribution in [0.25, 0.3) is 0 Å². The highest BCUT2D eigenvalue weighted by Gasteiger charge is 2.40. The average molecular weight is 282 g/mol. The molecule has 1 aromatic carbocycles. The molecule has 4 heteroatoms. The summed E-state index contributed by atoms with van der Waals surface area (Å²) in [5.74, 6) is 0.433. The summed E-state index contributed by atoms with van der Waals surface area (Å²) in [6.07, 6.45) is 3.21. The zero-order chi connectivity index (χ0) is 13.9. The molecule has 0 bridgehead atoms. The van der Waals surface area contributed by atoms with E-state index in [1.54, 1.807) is 0 Å². The molecule has 0 amide bonds. The van der Waals surface area contributed by atoms with Gasteiger partial charge in [0.1, 0.15) is 5.54 Å². The number of hydrogen-bond acceptors (Lipinski definition) is 3. The fourth-order valence-electron chi connectivity index (χ4n) is 2.26. The van der Waals surface area contributed by atoms with Crippen molar-refractivity contribution >= 4 is 23.3 Å². The Balaban J connectivity index is 2.14. The number of carbonyl (C=O) groups excluding carboxylic acids is 1. The highest BCUT2D eigenvalue weighted by Crippen LogP contribution is 2.38. The van der Waals surface area contributed by atoms with Crippen LogP contribution < -0.4 is 5.32 Å². The maximum atomic E-state index is 12.2. The summed E-state index contributed by atoms with van der Waals surface area (Å²) in [7, 11) is 0. The summed E-state index contributed by atoms with van der Waals surface area (Å²) in [6, 6.07) is 7.42. The van der Waals surface area contributed by atoms with Crippen LogP contribution in [0.2, 0.25) is 5.02 Å². The molecule has 0 heterocycles. The van der Waals surface area contributed by atoms with Gasteiger partial charge in [0.2, 0.25) is 0 Å².